The van der Waals surface area contributed by atoms with Crippen LogP contribution in [0.2, 0.25) is 0 Å². The maximum Gasteiger partial charge on any atom is 0.313 e. The van der Waals surface area contributed by atoms with Gasteiger partial charge >= 0.3 is 5.97 Å². The summed E-state index contributed by atoms with van der Waals surface area (Å²) in [6, 6.07) is 6.81. The maximum atomic E-state index is 12.2. The van der Waals surface area contributed by atoms with Crippen LogP contribution in [0.25, 0.3) is 0 Å². The normalized spacial score (nSPS) is 28.8. The fraction of sp³-hybridized carbons (Fsp3) is 0.429. The van der Waals surface area contributed by atoms with Gasteiger partial charge in [-0.1, -0.05) is 24.3 Å². The van der Waals surface area contributed by atoms with Crippen LogP contribution in [-0.4, -0.2) is 36.5 Å². The SMILES string of the molecule is COC(=O)[C@H]1[C@@H](N)C(=O)N2CCc3ccccc3[C@@H]12. The number of benzene rings is 1. The molecule has 0 aliphatic carbocycles. The predicted molar refractivity (Wildman–Crippen MR) is 68.1 cm³/mol. The van der Waals surface area contributed by atoms with Gasteiger partial charge in [0.05, 0.1) is 13.2 Å². The van der Waals surface area contributed by atoms with Gasteiger partial charge in [0.15, 0.2) is 0 Å². The van der Waals surface area contributed by atoms with E-state index in [-0.39, 0.29) is 11.9 Å². The van der Waals surface area contributed by atoms with Crippen LogP contribution in [0.3, 0.4) is 0 Å². The van der Waals surface area contributed by atoms with Crippen molar-refractivity contribution < 1.29 is 14.3 Å². The lowest BCUT2D eigenvalue weighted by Gasteiger charge is -2.33. The van der Waals surface area contributed by atoms with E-state index in [9.17, 15) is 9.59 Å². The first-order chi connectivity index (χ1) is 9.15. The number of carbonyl (C=O) groups is 2. The molecule has 3 atom stereocenters. The lowest BCUT2D eigenvalue weighted by molar-refractivity contribution is -0.147. The van der Waals surface area contributed by atoms with Gasteiger partial charge in [-0.3, -0.25) is 9.59 Å². The van der Waals surface area contributed by atoms with Crippen molar-refractivity contribution in [2.24, 2.45) is 11.7 Å². The van der Waals surface area contributed by atoms with Crippen LogP contribution in [-0.2, 0) is 20.7 Å². The molecule has 0 aromatic heterocycles. The molecule has 0 saturated carbocycles. The van der Waals surface area contributed by atoms with Gasteiger partial charge in [-0.25, -0.2) is 0 Å². The number of fused-ring (bicyclic) bond motifs is 3. The molecule has 1 aromatic rings. The van der Waals surface area contributed by atoms with Crippen molar-refractivity contribution in [3.8, 4) is 0 Å². The summed E-state index contributed by atoms with van der Waals surface area (Å²) in [4.78, 5) is 25.8. The third-order valence-corrected chi connectivity index (χ3v) is 4.10. The van der Waals surface area contributed by atoms with Crippen molar-refractivity contribution in [2.45, 2.75) is 18.5 Å². The van der Waals surface area contributed by atoms with Gasteiger partial charge in [0.25, 0.3) is 0 Å². The number of amides is 1. The number of rotatable bonds is 1. The Labute approximate surface area is 111 Å². The zero-order valence-electron chi connectivity index (χ0n) is 10.7. The van der Waals surface area contributed by atoms with E-state index in [0.29, 0.717) is 6.54 Å². The molecule has 1 aromatic carbocycles. The van der Waals surface area contributed by atoms with Crippen molar-refractivity contribution in [3.63, 3.8) is 0 Å². The molecule has 5 heteroatoms. The number of methoxy groups -OCH3 is 1. The minimum atomic E-state index is -0.802. The Morgan fingerprint density at radius 2 is 2.16 bits per heavy atom. The monoisotopic (exact) mass is 260 g/mol. The fourth-order valence-corrected chi connectivity index (χ4v) is 3.19. The molecule has 100 valence electrons. The highest BCUT2D eigenvalue weighted by Gasteiger charge is 2.52. The number of ether oxygens (including phenoxy) is 1. The van der Waals surface area contributed by atoms with Gasteiger partial charge in [-0.05, 0) is 17.5 Å². The molecule has 0 radical (unpaired) electrons. The molecular formula is C14H16N2O3. The van der Waals surface area contributed by atoms with E-state index < -0.39 is 17.9 Å². The molecule has 0 unspecified atom stereocenters. The second kappa shape index (κ2) is 4.35. The quantitative estimate of drug-likeness (QED) is 0.734. The molecule has 2 N–H and O–H groups in total. The molecule has 2 heterocycles. The van der Waals surface area contributed by atoms with Gasteiger partial charge < -0.3 is 15.4 Å². The molecule has 1 fully saturated rings. The van der Waals surface area contributed by atoms with Crippen molar-refractivity contribution in [2.75, 3.05) is 13.7 Å². The smallest absolute Gasteiger partial charge is 0.313 e. The zero-order chi connectivity index (χ0) is 13.6. The second-order valence-electron chi connectivity index (χ2n) is 5.00. The molecule has 3 rings (SSSR count). The Balaban J connectivity index is 2.09. The molecule has 5 nitrogen and oxygen atoms in total. The topological polar surface area (TPSA) is 72.6 Å². The number of hydrogen-bond donors (Lipinski definition) is 1. The third kappa shape index (κ3) is 1.65. The van der Waals surface area contributed by atoms with Gasteiger partial charge in [-0.2, -0.15) is 0 Å². The minimum absolute atomic E-state index is 0.157. The second-order valence-corrected chi connectivity index (χ2v) is 5.00. The zero-order valence-corrected chi connectivity index (χ0v) is 10.7. The molecule has 1 saturated heterocycles. The summed E-state index contributed by atoms with van der Waals surface area (Å²) in [5.41, 5.74) is 8.12. The molecule has 2 aliphatic rings. The first kappa shape index (κ1) is 12.2. The molecule has 19 heavy (non-hydrogen) atoms. The van der Waals surface area contributed by atoms with E-state index >= 15 is 0 Å². The number of carbonyl (C=O) groups excluding carboxylic acids is 2. The number of nitrogens with two attached hydrogens (primary N) is 1. The highest BCUT2D eigenvalue weighted by atomic mass is 16.5. The van der Waals surface area contributed by atoms with Crippen LogP contribution in [0, 0.1) is 5.92 Å². The first-order valence-corrected chi connectivity index (χ1v) is 6.37. The first-order valence-electron chi connectivity index (χ1n) is 6.37. The maximum absolute atomic E-state index is 12.2. The Bertz CT molecular complexity index is 543. The van der Waals surface area contributed by atoms with Crippen molar-refractivity contribution in [1.29, 1.82) is 0 Å². The van der Waals surface area contributed by atoms with Crippen LogP contribution in [0.15, 0.2) is 24.3 Å². The van der Waals surface area contributed by atoms with Crippen molar-refractivity contribution >= 4 is 11.9 Å². The van der Waals surface area contributed by atoms with E-state index in [2.05, 4.69) is 0 Å². The molecular weight excluding hydrogens is 244 g/mol. The lowest BCUT2D eigenvalue weighted by Crippen LogP contribution is -2.38. The number of hydrogen-bond acceptors (Lipinski definition) is 4. The largest absolute Gasteiger partial charge is 0.469 e. The van der Waals surface area contributed by atoms with Crippen LogP contribution >= 0.6 is 0 Å². The molecule has 0 spiro atoms. The van der Waals surface area contributed by atoms with Crippen molar-refractivity contribution in [1.82, 2.24) is 4.90 Å². The highest BCUT2D eigenvalue weighted by molar-refractivity contribution is 5.93. The van der Waals surface area contributed by atoms with Gasteiger partial charge in [0.2, 0.25) is 5.91 Å². The highest BCUT2D eigenvalue weighted by Crippen LogP contribution is 2.42. The number of nitrogens with zero attached hydrogens (tertiary/aromatic N) is 1. The predicted octanol–water partition coefficient (Wildman–Crippen LogP) is 0.243. The summed E-state index contributed by atoms with van der Waals surface area (Å²) in [6.45, 7) is 0.613. The van der Waals surface area contributed by atoms with Crippen LogP contribution in [0.5, 0.6) is 0 Å². The number of esters is 1. The summed E-state index contributed by atoms with van der Waals surface area (Å²) in [5.74, 6) is -1.18. The molecule has 2 aliphatic heterocycles. The molecule has 1 amide bonds. The fourth-order valence-electron chi connectivity index (χ4n) is 3.19. The summed E-state index contributed by atoms with van der Waals surface area (Å²) in [6.07, 6.45) is 0.805. The van der Waals surface area contributed by atoms with Gasteiger partial charge in [-0.15, -0.1) is 0 Å². The summed E-state index contributed by atoms with van der Waals surface area (Å²) >= 11 is 0. The Morgan fingerprint density at radius 3 is 2.89 bits per heavy atom. The average molecular weight is 260 g/mol. The van der Waals surface area contributed by atoms with Gasteiger partial charge in [0.1, 0.15) is 12.0 Å². The standard InChI is InChI=1S/C14H16N2O3/c1-19-14(18)10-11(15)13(17)16-7-6-8-4-2-3-5-9(8)12(10)16/h2-5,10-12H,6-7,15H2,1H3/t10-,11+,12-/m0/s1. The minimum Gasteiger partial charge on any atom is -0.469 e. The Hall–Kier alpha value is -1.88. The van der Waals surface area contributed by atoms with Crippen molar-refractivity contribution in [3.05, 3.63) is 35.4 Å². The van der Waals surface area contributed by atoms with Crippen LogP contribution in [0.4, 0.5) is 0 Å². The molecule has 0 bridgehead atoms. The average Bonchev–Trinajstić information content (AvgIpc) is 2.71. The summed E-state index contributed by atoms with van der Waals surface area (Å²) in [7, 11) is 1.33. The third-order valence-electron chi connectivity index (χ3n) is 4.10. The van der Waals surface area contributed by atoms with E-state index in [0.717, 1.165) is 12.0 Å². The van der Waals surface area contributed by atoms with Gasteiger partial charge in [0, 0.05) is 6.54 Å². The van der Waals surface area contributed by atoms with E-state index in [4.69, 9.17) is 10.5 Å². The lowest BCUT2D eigenvalue weighted by atomic mass is 9.86. The van der Waals surface area contributed by atoms with Crippen LogP contribution in [0.1, 0.15) is 17.2 Å². The van der Waals surface area contributed by atoms with Crippen LogP contribution < -0.4 is 5.73 Å². The Kier molecular flexibility index (Phi) is 2.78. The summed E-state index contributed by atoms with van der Waals surface area (Å²) < 4.78 is 4.82. The van der Waals surface area contributed by atoms with E-state index in [1.807, 2.05) is 24.3 Å². The van der Waals surface area contributed by atoms with E-state index in [1.54, 1.807) is 4.90 Å². The summed E-state index contributed by atoms with van der Waals surface area (Å²) in [5, 5.41) is 0. The van der Waals surface area contributed by atoms with E-state index in [1.165, 1.54) is 12.7 Å². The Morgan fingerprint density at radius 1 is 1.42 bits per heavy atom.